The number of sulfone groups is 1. The van der Waals surface area contributed by atoms with E-state index in [0.29, 0.717) is 35.5 Å². The van der Waals surface area contributed by atoms with E-state index in [1.807, 2.05) is 18.2 Å². The van der Waals surface area contributed by atoms with E-state index in [1.54, 1.807) is 24.3 Å². The second-order valence-electron chi connectivity index (χ2n) is 6.45. The normalized spacial score (nSPS) is 20.7. The summed E-state index contributed by atoms with van der Waals surface area (Å²) in [5.74, 6) is 0.767. The van der Waals surface area contributed by atoms with Gasteiger partial charge in [0.1, 0.15) is 5.75 Å². The molecule has 0 radical (unpaired) electrons. The molecular weight excluding hydrogens is 338 g/mol. The fraction of sp³-hybridized carbons (Fsp3) is 0.316. The molecule has 0 saturated carbocycles. The number of carbonyl (C=O) groups is 1. The van der Waals surface area contributed by atoms with Gasteiger partial charge in [-0.3, -0.25) is 4.79 Å². The van der Waals surface area contributed by atoms with Crippen molar-refractivity contribution >= 4 is 15.7 Å². The number of rotatable bonds is 2. The summed E-state index contributed by atoms with van der Waals surface area (Å²) in [4.78, 5) is 13.0. The zero-order valence-electron chi connectivity index (χ0n) is 13.7. The van der Waals surface area contributed by atoms with Crippen LogP contribution in [-0.2, 0) is 16.3 Å². The molecule has 0 saturated heterocycles. The number of carbonyl (C=O) groups excluding carboxylic acids is 1. The Bertz CT molecular complexity index is 936. The quantitative estimate of drug-likeness (QED) is 0.897. The maximum absolute atomic E-state index is 12.7. The van der Waals surface area contributed by atoms with E-state index in [1.165, 1.54) is 0 Å². The van der Waals surface area contributed by atoms with Crippen LogP contribution in [0.25, 0.3) is 0 Å². The van der Waals surface area contributed by atoms with Gasteiger partial charge in [-0.1, -0.05) is 18.2 Å². The highest BCUT2D eigenvalue weighted by Crippen LogP contribution is 2.31. The van der Waals surface area contributed by atoms with Gasteiger partial charge in [-0.05, 0) is 48.2 Å². The van der Waals surface area contributed by atoms with Crippen LogP contribution < -0.4 is 10.1 Å². The summed E-state index contributed by atoms with van der Waals surface area (Å²) >= 11 is 0. The second kappa shape index (κ2) is 6.19. The van der Waals surface area contributed by atoms with Gasteiger partial charge in [0.15, 0.2) is 9.84 Å². The minimum Gasteiger partial charge on any atom is -0.493 e. The Labute approximate surface area is 146 Å². The Morgan fingerprint density at radius 2 is 2.00 bits per heavy atom. The maximum Gasteiger partial charge on any atom is 0.251 e. The van der Waals surface area contributed by atoms with Gasteiger partial charge in [-0.15, -0.1) is 0 Å². The largest absolute Gasteiger partial charge is 0.493 e. The lowest BCUT2D eigenvalue weighted by Gasteiger charge is -2.19. The highest BCUT2D eigenvalue weighted by atomic mass is 32.2. The molecule has 6 heteroatoms. The van der Waals surface area contributed by atoms with Crippen molar-refractivity contribution in [2.24, 2.45) is 0 Å². The Kier molecular flexibility index (Phi) is 4.00. The maximum atomic E-state index is 12.7. The van der Waals surface area contributed by atoms with Gasteiger partial charge < -0.3 is 10.1 Å². The summed E-state index contributed by atoms with van der Waals surface area (Å²) < 4.78 is 30.3. The molecule has 0 fully saturated rings. The van der Waals surface area contributed by atoms with E-state index in [9.17, 15) is 13.2 Å². The van der Waals surface area contributed by atoms with Gasteiger partial charge in [0, 0.05) is 12.0 Å². The summed E-state index contributed by atoms with van der Waals surface area (Å²) in [5.41, 5.74) is 2.29. The Balaban J connectivity index is 1.63. The first-order valence-electron chi connectivity index (χ1n) is 8.43. The van der Waals surface area contributed by atoms with Crippen molar-refractivity contribution < 1.29 is 17.9 Å². The van der Waals surface area contributed by atoms with E-state index >= 15 is 0 Å². The third kappa shape index (κ3) is 3.02. The average molecular weight is 357 g/mol. The smallest absolute Gasteiger partial charge is 0.251 e. The number of ether oxygens (including phenoxy) is 1. The monoisotopic (exact) mass is 357 g/mol. The number of fused-ring (bicyclic) bond motifs is 2. The molecule has 0 unspecified atom stereocenters. The summed E-state index contributed by atoms with van der Waals surface area (Å²) in [7, 11) is -3.29. The van der Waals surface area contributed by atoms with Gasteiger partial charge in [0.2, 0.25) is 0 Å². The Morgan fingerprint density at radius 3 is 2.88 bits per heavy atom. The molecule has 25 heavy (non-hydrogen) atoms. The molecule has 2 aromatic rings. The average Bonchev–Trinajstić information content (AvgIpc) is 3.03. The highest BCUT2D eigenvalue weighted by Gasteiger charge is 2.28. The first-order valence-corrected chi connectivity index (χ1v) is 10.1. The van der Waals surface area contributed by atoms with Crippen LogP contribution in [0.4, 0.5) is 0 Å². The molecule has 2 aromatic carbocycles. The standard InChI is InChI=1S/C19H19NO4S/c21-19(14-7-8-17-13(12-14)9-10-24-17)20-16-5-3-11-25(22,23)18-6-2-1-4-15(16)18/h1-2,4,6-8,12,16H,3,5,9-11H2,(H,20,21)/t16-/m0/s1. The van der Waals surface area contributed by atoms with Crippen LogP contribution in [0.3, 0.4) is 0 Å². The minimum absolute atomic E-state index is 0.118. The van der Waals surface area contributed by atoms with Crippen molar-refractivity contribution in [1.82, 2.24) is 5.32 Å². The van der Waals surface area contributed by atoms with Crippen LogP contribution in [-0.4, -0.2) is 26.7 Å². The van der Waals surface area contributed by atoms with Gasteiger partial charge in [0.25, 0.3) is 5.91 Å². The van der Waals surface area contributed by atoms with Crippen LogP contribution in [0.2, 0.25) is 0 Å². The molecule has 1 atom stereocenters. The Hall–Kier alpha value is -2.34. The minimum atomic E-state index is -3.29. The summed E-state index contributed by atoms with van der Waals surface area (Å²) in [6.45, 7) is 0.647. The van der Waals surface area contributed by atoms with E-state index in [2.05, 4.69) is 5.32 Å². The van der Waals surface area contributed by atoms with Crippen LogP contribution in [0.1, 0.15) is 40.4 Å². The summed E-state index contributed by atoms with van der Waals surface area (Å²) in [6, 6.07) is 12.1. The molecule has 0 bridgehead atoms. The lowest BCUT2D eigenvalue weighted by Crippen LogP contribution is -2.28. The number of nitrogens with one attached hydrogen (secondary N) is 1. The van der Waals surface area contributed by atoms with Crippen molar-refractivity contribution in [1.29, 1.82) is 0 Å². The van der Waals surface area contributed by atoms with E-state index in [4.69, 9.17) is 4.74 Å². The molecule has 2 aliphatic rings. The lowest BCUT2D eigenvalue weighted by atomic mass is 10.0. The fourth-order valence-corrected chi connectivity index (χ4v) is 5.14. The van der Waals surface area contributed by atoms with Crippen LogP contribution in [0, 0.1) is 0 Å². The van der Waals surface area contributed by atoms with Gasteiger partial charge in [0.05, 0.1) is 23.3 Å². The van der Waals surface area contributed by atoms with Gasteiger partial charge in [-0.25, -0.2) is 8.42 Å². The first kappa shape index (κ1) is 16.1. The first-order chi connectivity index (χ1) is 12.0. The SMILES string of the molecule is O=C(N[C@H]1CCCS(=O)(=O)c2ccccc21)c1ccc2c(c1)CCO2. The molecule has 1 N–H and O–H groups in total. The van der Waals surface area contributed by atoms with Crippen LogP contribution >= 0.6 is 0 Å². The summed E-state index contributed by atoms with van der Waals surface area (Å²) in [6.07, 6.45) is 1.94. The molecular formula is C19H19NO4S. The van der Waals surface area contributed by atoms with Gasteiger partial charge in [-0.2, -0.15) is 0 Å². The molecule has 1 amide bonds. The fourth-order valence-electron chi connectivity index (χ4n) is 3.51. The third-order valence-electron chi connectivity index (χ3n) is 4.79. The number of hydrogen-bond donors (Lipinski definition) is 1. The lowest BCUT2D eigenvalue weighted by molar-refractivity contribution is 0.0934. The molecule has 4 rings (SSSR count). The van der Waals surface area contributed by atoms with Crippen molar-refractivity contribution in [3.8, 4) is 5.75 Å². The van der Waals surface area contributed by atoms with Crippen LogP contribution in [0.5, 0.6) is 5.75 Å². The zero-order valence-corrected chi connectivity index (χ0v) is 14.5. The molecule has 0 spiro atoms. The highest BCUT2D eigenvalue weighted by molar-refractivity contribution is 7.91. The van der Waals surface area contributed by atoms with E-state index in [-0.39, 0.29) is 17.7 Å². The summed E-state index contributed by atoms with van der Waals surface area (Å²) in [5, 5.41) is 3.02. The number of benzene rings is 2. The predicted octanol–water partition coefficient (Wildman–Crippen LogP) is 2.66. The van der Waals surface area contributed by atoms with Crippen molar-refractivity contribution in [2.75, 3.05) is 12.4 Å². The molecule has 5 nitrogen and oxygen atoms in total. The van der Waals surface area contributed by atoms with Crippen LogP contribution in [0.15, 0.2) is 47.4 Å². The molecule has 0 aliphatic carbocycles. The van der Waals surface area contributed by atoms with Gasteiger partial charge >= 0.3 is 0 Å². The van der Waals surface area contributed by atoms with Crippen molar-refractivity contribution in [2.45, 2.75) is 30.2 Å². The van der Waals surface area contributed by atoms with Crippen molar-refractivity contribution in [3.63, 3.8) is 0 Å². The molecule has 2 heterocycles. The third-order valence-corrected chi connectivity index (χ3v) is 6.66. The zero-order chi connectivity index (χ0) is 17.4. The topological polar surface area (TPSA) is 72.5 Å². The predicted molar refractivity (Wildman–Crippen MR) is 93.6 cm³/mol. The number of amides is 1. The second-order valence-corrected chi connectivity index (χ2v) is 8.52. The molecule has 0 aromatic heterocycles. The van der Waals surface area contributed by atoms with Crippen molar-refractivity contribution in [3.05, 3.63) is 59.2 Å². The number of hydrogen-bond acceptors (Lipinski definition) is 4. The van der Waals surface area contributed by atoms with E-state index < -0.39 is 9.84 Å². The van der Waals surface area contributed by atoms with E-state index in [0.717, 1.165) is 17.7 Å². The molecule has 2 aliphatic heterocycles. The molecule has 130 valence electrons. The Morgan fingerprint density at radius 1 is 1.16 bits per heavy atom.